The number of benzene rings is 1. The Kier molecular flexibility index (Phi) is 3.59. The quantitative estimate of drug-likeness (QED) is 0.802. The number of rotatable bonds is 4. The molecule has 0 aliphatic heterocycles. The van der Waals surface area contributed by atoms with Crippen LogP contribution in [0.4, 0.5) is 0 Å². The fourth-order valence-corrected chi connectivity index (χ4v) is 2.04. The zero-order valence-electron chi connectivity index (χ0n) is 10.7. The molecule has 2 rings (SSSR count). The minimum absolute atomic E-state index is 0.932. The molecular formula is C14H19N3. The average molecular weight is 229 g/mol. The van der Waals surface area contributed by atoms with E-state index in [1.165, 1.54) is 16.7 Å². The summed E-state index contributed by atoms with van der Waals surface area (Å²) in [6, 6.07) is 8.65. The van der Waals surface area contributed by atoms with Gasteiger partial charge in [0.25, 0.3) is 0 Å². The smallest absolute Gasteiger partial charge is 0.0534 e. The van der Waals surface area contributed by atoms with Gasteiger partial charge in [0, 0.05) is 31.9 Å². The third-order valence-electron chi connectivity index (χ3n) is 2.75. The van der Waals surface area contributed by atoms with E-state index in [0.717, 1.165) is 13.1 Å². The summed E-state index contributed by atoms with van der Waals surface area (Å²) in [4.78, 5) is 2.30. The fourth-order valence-electron chi connectivity index (χ4n) is 2.04. The van der Waals surface area contributed by atoms with E-state index in [2.05, 4.69) is 54.4 Å². The van der Waals surface area contributed by atoms with Crippen molar-refractivity contribution in [2.75, 3.05) is 7.05 Å². The summed E-state index contributed by atoms with van der Waals surface area (Å²) >= 11 is 0. The maximum Gasteiger partial charge on any atom is 0.0534 e. The minimum atomic E-state index is 0.932. The number of hydrogen-bond acceptors (Lipinski definition) is 2. The average Bonchev–Trinajstić information content (AvgIpc) is 2.63. The second-order valence-electron chi connectivity index (χ2n) is 4.68. The first kappa shape index (κ1) is 11.9. The standard InChI is InChI=1S/C14H19N3/c1-12-5-4-6-13(7-12)9-16(2)10-14-8-15-17(3)11-14/h4-8,11H,9-10H2,1-3H3. The molecule has 1 heterocycles. The van der Waals surface area contributed by atoms with Crippen LogP contribution in [0.1, 0.15) is 16.7 Å². The van der Waals surface area contributed by atoms with E-state index < -0.39 is 0 Å². The van der Waals surface area contributed by atoms with Gasteiger partial charge in [0.05, 0.1) is 6.20 Å². The van der Waals surface area contributed by atoms with Gasteiger partial charge in [-0.05, 0) is 19.5 Å². The molecular weight excluding hydrogens is 210 g/mol. The monoisotopic (exact) mass is 229 g/mol. The molecule has 0 unspecified atom stereocenters. The molecule has 0 aliphatic carbocycles. The molecule has 0 radical (unpaired) electrons. The first-order valence-corrected chi connectivity index (χ1v) is 5.85. The number of nitrogens with zero attached hydrogens (tertiary/aromatic N) is 3. The lowest BCUT2D eigenvalue weighted by atomic mass is 10.1. The van der Waals surface area contributed by atoms with Gasteiger partial charge < -0.3 is 0 Å². The Bertz CT molecular complexity index is 488. The summed E-state index contributed by atoms with van der Waals surface area (Å²) < 4.78 is 1.84. The Balaban J connectivity index is 1.95. The molecule has 0 spiro atoms. The fraction of sp³-hybridized carbons (Fsp3) is 0.357. The first-order valence-electron chi connectivity index (χ1n) is 5.85. The minimum Gasteiger partial charge on any atom is -0.298 e. The Morgan fingerprint density at radius 3 is 2.65 bits per heavy atom. The molecule has 2 aromatic rings. The summed E-state index contributed by atoms with van der Waals surface area (Å²) in [6.07, 6.45) is 3.99. The lowest BCUT2D eigenvalue weighted by molar-refractivity contribution is 0.319. The number of aromatic nitrogens is 2. The third-order valence-corrected chi connectivity index (χ3v) is 2.75. The summed E-state index contributed by atoms with van der Waals surface area (Å²) in [5.74, 6) is 0. The van der Waals surface area contributed by atoms with E-state index in [0.29, 0.717) is 0 Å². The Morgan fingerprint density at radius 1 is 1.24 bits per heavy atom. The third kappa shape index (κ3) is 3.43. The summed E-state index contributed by atoms with van der Waals surface area (Å²) in [5, 5.41) is 4.18. The van der Waals surface area contributed by atoms with Gasteiger partial charge >= 0.3 is 0 Å². The van der Waals surface area contributed by atoms with E-state index in [9.17, 15) is 0 Å². The van der Waals surface area contributed by atoms with Gasteiger partial charge in [-0.25, -0.2) is 0 Å². The van der Waals surface area contributed by atoms with E-state index in [4.69, 9.17) is 0 Å². The lowest BCUT2D eigenvalue weighted by Crippen LogP contribution is -2.16. The van der Waals surface area contributed by atoms with E-state index in [1.54, 1.807) is 0 Å². The van der Waals surface area contributed by atoms with Crippen LogP contribution in [0, 0.1) is 6.92 Å². The Morgan fingerprint density at radius 2 is 2.00 bits per heavy atom. The number of hydrogen-bond donors (Lipinski definition) is 0. The van der Waals surface area contributed by atoms with Crippen LogP contribution in [0.5, 0.6) is 0 Å². The van der Waals surface area contributed by atoms with Gasteiger partial charge in [0.1, 0.15) is 0 Å². The van der Waals surface area contributed by atoms with Gasteiger partial charge in [-0.1, -0.05) is 29.8 Å². The largest absolute Gasteiger partial charge is 0.298 e. The highest BCUT2D eigenvalue weighted by Crippen LogP contribution is 2.09. The molecule has 0 bridgehead atoms. The van der Waals surface area contributed by atoms with Crippen LogP contribution in [0.2, 0.25) is 0 Å². The molecule has 0 saturated heterocycles. The van der Waals surface area contributed by atoms with Crippen molar-refractivity contribution in [2.24, 2.45) is 7.05 Å². The zero-order valence-corrected chi connectivity index (χ0v) is 10.7. The zero-order chi connectivity index (χ0) is 12.3. The van der Waals surface area contributed by atoms with E-state index in [-0.39, 0.29) is 0 Å². The second-order valence-corrected chi connectivity index (χ2v) is 4.68. The molecule has 0 atom stereocenters. The van der Waals surface area contributed by atoms with E-state index in [1.807, 2.05) is 17.9 Å². The van der Waals surface area contributed by atoms with Gasteiger partial charge in [0.15, 0.2) is 0 Å². The van der Waals surface area contributed by atoms with Gasteiger partial charge in [-0.2, -0.15) is 5.10 Å². The summed E-state index contributed by atoms with van der Waals surface area (Å²) in [6.45, 7) is 4.03. The normalized spacial score (nSPS) is 11.1. The SMILES string of the molecule is Cc1cccc(CN(C)Cc2cnn(C)c2)c1. The predicted octanol–water partition coefficient (Wildman–Crippen LogP) is 2.36. The van der Waals surface area contributed by atoms with Crippen molar-refractivity contribution in [3.05, 3.63) is 53.3 Å². The summed E-state index contributed by atoms with van der Waals surface area (Å²) in [7, 11) is 4.08. The predicted molar refractivity (Wildman–Crippen MR) is 69.6 cm³/mol. The van der Waals surface area contributed by atoms with Gasteiger partial charge in [-0.15, -0.1) is 0 Å². The Hall–Kier alpha value is -1.61. The number of aryl methyl sites for hydroxylation is 2. The molecule has 17 heavy (non-hydrogen) atoms. The maximum absolute atomic E-state index is 4.18. The van der Waals surface area contributed by atoms with Crippen molar-refractivity contribution in [1.82, 2.24) is 14.7 Å². The highest BCUT2D eigenvalue weighted by molar-refractivity contribution is 5.22. The first-order chi connectivity index (χ1) is 8.13. The highest BCUT2D eigenvalue weighted by Gasteiger charge is 2.03. The molecule has 3 heteroatoms. The highest BCUT2D eigenvalue weighted by atomic mass is 15.2. The maximum atomic E-state index is 4.18. The molecule has 1 aromatic heterocycles. The van der Waals surface area contributed by atoms with Crippen LogP contribution in [-0.2, 0) is 20.1 Å². The molecule has 90 valence electrons. The van der Waals surface area contributed by atoms with Crippen LogP contribution < -0.4 is 0 Å². The van der Waals surface area contributed by atoms with Crippen LogP contribution in [-0.4, -0.2) is 21.7 Å². The van der Waals surface area contributed by atoms with Crippen molar-refractivity contribution in [2.45, 2.75) is 20.0 Å². The van der Waals surface area contributed by atoms with Gasteiger partial charge in [0.2, 0.25) is 0 Å². The Labute approximate surface area is 103 Å². The summed E-state index contributed by atoms with van der Waals surface area (Å²) in [5.41, 5.74) is 3.93. The topological polar surface area (TPSA) is 21.1 Å². The van der Waals surface area contributed by atoms with Crippen molar-refractivity contribution < 1.29 is 0 Å². The molecule has 0 amide bonds. The van der Waals surface area contributed by atoms with E-state index >= 15 is 0 Å². The molecule has 0 N–H and O–H groups in total. The molecule has 0 fully saturated rings. The molecule has 0 saturated carbocycles. The van der Waals surface area contributed by atoms with Gasteiger partial charge in [-0.3, -0.25) is 9.58 Å². The lowest BCUT2D eigenvalue weighted by Gasteiger charge is -2.15. The van der Waals surface area contributed by atoms with Crippen LogP contribution in [0.15, 0.2) is 36.7 Å². The van der Waals surface area contributed by atoms with Crippen molar-refractivity contribution >= 4 is 0 Å². The molecule has 0 aliphatic rings. The van der Waals surface area contributed by atoms with Crippen molar-refractivity contribution in [3.63, 3.8) is 0 Å². The van der Waals surface area contributed by atoms with Crippen LogP contribution in [0.25, 0.3) is 0 Å². The second kappa shape index (κ2) is 5.15. The van der Waals surface area contributed by atoms with Crippen LogP contribution >= 0.6 is 0 Å². The molecule has 1 aromatic carbocycles. The van der Waals surface area contributed by atoms with Crippen molar-refractivity contribution in [3.8, 4) is 0 Å². The van der Waals surface area contributed by atoms with Crippen LogP contribution in [0.3, 0.4) is 0 Å². The van der Waals surface area contributed by atoms with Crippen molar-refractivity contribution in [1.29, 1.82) is 0 Å². The molecule has 3 nitrogen and oxygen atoms in total.